The van der Waals surface area contributed by atoms with E-state index >= 15 is 0 Å². The zero-order valence-electron chi connectivity index (χ0n) is 19.2. The number of nitrogens with zero attached hydrogens (tertiary/aromatic N) is 1. The summed E-state index contributed by atoms with van der Waals surface area (Å²) in [6, 6.07) is 22.3. The number of aromatic carboxylic acids is 1. The van der Waals surface area contributed by atoms with E-state index in [4.69, 9.17) is 16.3 Å². The zero-order chi connectivity index (χ0) is 24.4. The Kier molecular flexibility index (Phi) is 6.60. The van der Waals surface area contributed by atoms with E-state index in [1.165, 1.54) is 11.1 Å². The molecule has 1 N–H and O–H groups in total. The summed E-state index contributed by atoms with van der Waals surface area (Å²) < 4.78 is 6.24. The molecule has 0 radical (unpaired) electrons. The number of benzene rings is 3. The maximum atomic E-state index is 13.0. The molecule has 0 bridgehead atoms. The molecule has 1 amide bonds. The zero-order valence-corrected chi connectivity index (χ0v) is 20.0. The third-order valence-electron chi connectivity index (χ3n) is 6.75. The molecule has 3 aromatic carbocycles. The van der Waals surface area contributed by atoms with Crippen LogP contribution in [-0.4, -0.2) is 23.0 Å². The first kappa shape index (κ1) is 23.2. The summed E-state index contributed by atoms with van der Waals surface area (Å²) in [5, 5.41) is 10.1. The number of carboxylic acid groups (broad SMARTS) is 1. The van der Waals surface area contributed by atoms with Gasteiger partial charge in [-0.25, -0.2) is 4.79 Å². The van der Waals surface area contributed by atoms with Crippen LogP contribution in [0.15, 0.2) is 78.4 Å². The van der Waals surface area contributed by atoms with Crippen molar-refractivity contribution in [2.75, 3.05) is 4.90 Å². The number of carbonyl (C=O) groups excluding carboxylic acids is 1. The van der Waals surface area contributed by atoms with Crippen LogP contribution in [0, 0.1) is 0 Å². The quantitative estimate of drug-likeness (QED) is 0.400. The smallest absolute Gasteiger partial charge is 0.335 e. The summed E-state index contributed by atoms with van der Waals surface area (Å²) in [5.74, 6) is -0.214. The predicted octanol–water partition coefficient (Wildman–Crippen LogP) is 6.75. The standard InChI is InChI=1S/C29H26ClNO4/c30-21-12-14-27(35-18-19-6-2-1-3-7-19)25(17-21)23-10-5-11-24(23)26-13-15-28(32)31(26)22-9-4-8-20(16-22)29(33)34/h1-4,6-9,12,14,16-17,26H,5,10-11,13,15,18H2,(H,33,34). The fraction of sp³-hybridized carbons (Fsp3) is 0.241. The van der Waals surface area contributed by atoms with Gasteiger partial charge in [0.2, 0.25) is 5.91 Å². The summed E-state index contributed by atoms with van der Waals surface area (Å²) in [7, 11) is 0. The van der Waals surface area contributed by atoms with Gasteiger partial charge in [0.15, 0.2) is 0 Å². The highest BCUT2D eigenvalue weighted by molar-refractivity contribution is 6.30. The first-order chi connectivity index (χ1) is 17.0. The molecule has 5 nitrogen and oxygen atoms in total. The van der Waals surface area contributed by atoms with Gasteiger partial charge in [-0.1, -0.05) is 48.0 Å². The van der Waals surface area contributed by atoms with Gasteiger partial charge in [-0.05, 0) is 78.8 Å². The Hall–Kier alpha value is -3.57. The third-order valence-corrected chi connectivity index (χ3v) is 6.99. The minimum atomic E-state index is -1.00. The van der Waals surface area contributed by atoms with Gasteiger partial charge in [-0.15, -0.1) is 0 Å². The van der Waals surface area contributed by atoms with Crippen molar-refractivity contribution in [3.05, 3.63) is 100 Å². The van der Waals surface area contributed by atoms with Crippen molar-refractivity contribution in [3.63, 3.8) is 0 Å². The Morgan fingerprint density at radius 2 is 1.83 bits per heavy atom. The van der Waals surface area contributed by atoms with Crippen LogP contribution in [0.2, 0.25) is 5.02 Å². The van der Waals surface area contributed by atoms with Gasteiger partial charge in [-0.3, -0.25) is 4.79 Å². The lowest BCUT2D eigenvalue weighted by atomic mass is 9.95. The third kappa shape index (κ3) is 4.82. The first-order valence-electron chi connectivity index (χ1n) is 11.9. The number of carboxylic acids is 1. The molecule has 35 heavy (non-hydrogen) atoms. The number of ether oxygens (including phenoxy) is 1. The van der Waals surface area contributed by atoms with Crippen LogP contribution < -0.4 is 9.64 Å². The van der Waals surface area contributed by atoms with E-state index in [0.717, 1.165) is 36.1 Å². The van der Waals surface area contributed by atoms with Crippen molar-refractivity contribution in [2.24, 2.45) is 0 Å². The van der Waals surface area contributed by atoms with E-state index in [1.54, 1.807) is 23.1 Å². The lowest BCUT2D eigenvalue weighted by molar-refractivity contribution is -0.117. The number of carbonyl (C=O) groups is 2. The largest absolute Gasteiger partial charge is 0.488 e. The lowest BCUT2D eigenvalue weighted by Crippen LogP contribution is -2.34. The predicted molar refractivity (Wildman–Crippen MR) is 137 cm³/mol. The molecule has 1 fully saturated rings. The van der Waals surface area contributed by atoms with E-state index in [0.29, 0.717) is 30.2 Å². The topological polar surface area (TPSA) is 66.8 Å². The number of rotatable bonds is 7. The van der Waals surface area contributed by atoms with E-state index in [1.807, 2.05) is 54.6 Å². The summed E-state index contributed by atoms with van der Waals surface area (Å²) in [5.41, 5.74) is 5.24. The summed E-state index contributed by atoms with van der Waals surface area (Å²) >= 11 is 6.42. The molecule has 1 atom stereocenters. The second-order valence-electron chi connectivity index (χ2n) is 8.95. The highest BCUT2D eigenvalue weighted by Gasteiger charge is 2.37. The molecule has 3 aromatic rings. The molecule has 1 aliphatic carbocycles. The number of halogens is 1. The Morgan fingerprint density at radius 1 is 1.00 bits per heavy atom. The van der Waals surface area contributed by atoms with Crippen molar-refractivity contribution >= 4 is 34.7 Å². The van der Waals surface area contributed by atoms with Gasteiger partial charge in [0.05, 0.1) is 11.6 Å². The van der Waals surface area contributed by atoms with E-state index in [-0.39, 0.29) is 17.5 Å². The molecule has 178 valence electrons. The van der Waals surface area contributed by atoms with Gasteiger partial charge < -0.3 is 14.7 Å². The number of hydrogen-bond donors (Lipinski definition) is 1. The molecule has 0 aromatic heterocycles. The Morgan fingerprint density at radius 3 is 2.63 bits per heavy atom. The molecular formula is C29H26ClNO4. The Balaban J connectivity index is 1.51. The van der Waals surface area contributed by atoms with Crippen LogP contribution in [0.5, 0.6) is 5.75 Å². The van der Waals surface area contributed by atoms with Gasteiger partial charge in [-0.2, -0.15) is 0 Å². The Bertz CT molecular complexity index is 1300. The number of anilines is 1. The lowest BCUT2D eigenvalue weighted by Gasteiger charge is -2.28. The number of hydrogen-bond acceptors (Lipinski definition) is 3. The van der Waals surface area contributed by atoms with Crippen molar-refractivity contribution < 1.29 is 19.4 Å². The molecule has 6 heteroatoms. The van der Waals surface area contributed by atoms with Crippen LogP contribution in [0.4, 0.5) is 5.69 Å². The number of allylic oxidation sites excluding steroid dienone is 1. The summed E-state index contributed by atoms with van der Waals surface area (Å²) in [6.45, 7) is 0.452. The van der Waals surface area contributed by atoms with E-state index in [9.17, 15) is 14.7 Å². The van der Waals surface area contributed by atoms with Gasteiger partial charge >= 0.3 is 5.97 Å². The molecule has 1 saturated heterocycles. The molecular weight excluding hydrogens is 462 g/mol. The van der Waals surface area contributed by atoms with Gasteiger partial charge in [0.1, 0.15) is 12.4 Å². The van der Waals surface area contributed by atoms with Crippen molar-refractivity contribution in [1.29, 1.82) is 0 Å². The fourth-order valence-electron chi connectivity index (χ4n) is 5.17. The van der Waals surface area contributed by atoms with Crippen molar-refractivity contribution in [2.45, 2.75) is 44.8 Å². The van der Waals surface area contributed by atoms with Crippen LogP contribution in [0.3, 0.4) is 0 Å². The molecule has 2 aliphatic rings. The second-order valence-corrected chi connectivity index (χ2v) is 9.38. The molecule has 1 aliphatic heterocycles. The van der Waals surface area contributed by atoms with Crippen LogP contribution in [0.1, 0.15) is 53.6 Å². The normalized spacial score (nSPS) is 17.8. The monoisotopic (exact) mass is 487 g/mol. The van der Waals surface area contributed by atoms with Crippen molar-refractivity contribution in [3.8, 4) is 5.75 Å². The maximum absolute atomic E-state index is 13.0. The minimum Gasteiger partial charge on any atom is -0.488 e. The van der Waals surface area contributed by atoms with Gasteiger partial charge in [0.25, 0.3) is 0 Å². The van der Waals surface area contributed by atoms with Crippen LogP contribution in [0.25, 0.3) is 5.57 Å². The first-order valence-corrected chi connectivity index (χ1v) is 12.2. The second kappa shape index (κ2) is 9.96. The van der Waals surface area contributed by atoms with Crippen LogP contribution >= 0.6 is 11.6 Å². The number of amides is 1. The van der Waals surface area contributed by atoms with Crippen molar-refractivity contribution in [1.82, 2.24) is 0 Å². The Labute approximate surface area is 209 Å². The maximum Gasteiger partial charge on any atom is 0.335 e. The fourth-order valence-corrected chi connectivity index (χ4v) is 5.34. The average molecular weight is 488 g/mol. The van der Waals surface area contributed by atoms with Gasteiger partial charge in [0, 0.05) is 22.7 Å². The average Bonchev–Trinajstić information content (AvgIpc) is 3.50. The summed E-state index contributed by atoms with van der Waals surface area (Å²) in [6.07, 6.45) is 3.89. The molecule has 0 saturated carbocycles. The van der Waals surface area contributed by atoms with E-state index in [2.05, 4.69) is 0 Å². The molecule has 5 rings (SSSR count). The minimum absolute atomic E-state index is 0.0166. The SMILES string of the molecule is O=C(O)c1cccc(N2C(=O)CCC2C2=C(c3cc(Cl)ccc3OCc3ccccc3)CCC2)c1. The molecule has 1 heterocycles. The molecule has 1 unspecified atom stereocenters. The van der Waals surface area contributed by atoms with E-state index < -0.39 is 5.97 Å². The summed E-state index contributed by atoms with van der Waals surface area (Å²) in [4.78, 5) is 26.3. The highest BCUT2D eigenvalue weighted by Crippen LogP contribution is 2.44. The molecule has 0 spiro atoms. The van der Waals surface area contributed by atoms with Crippen LogP contribution in [-0.2, 0) is 11.4 Å². The highest BCUT2D eigenvalue weighted by atomic mass is 35.5.